The van der Waals surface area contributed by atoms with Crippen LogP contribution < -0.4 is 16.4 Å². The second kappa shape index (κ2) is 7.59. The van der Waals surface area contributed by atoms with Gasteiger partial charge in [-0.3, -0.25) is 14.4 Å². The molecule has 1 aromatic carbocycles. The molecular formula is C16H23N3O3. The molecule has 0 spiro atoms. The summed E-state index contributed by atoms with van der Waals surface area (Å²) in [4.78, 5) is 35.1. The molecule has 1 rings (SSSR count). The van der Waals surface area contributed by atoms with Crippen LogP contribution in [0.2, 0.25) is 0 Å². The third-order valence-corrected chi connectivity index (χ3v) is 3.04. The zero-order valence-electron chi connectivity index (χ0n) is 13.2. The van der Waals surface area contributed by atoms with Gasteiger partial charge in [0.15, 0.2) is 0 Å². The number of hydrogen-bond donors (Lipinski definition) is 3. The molecule has 0 radical (unpaired) electrons. The van der Waals surface area contributed by atoms with Crippen molar-refractivity contribution in [3.05, 3.63) is 35.9 Å². The van der Waals surface area contributed by atoms with Crippen molar-refractivity contribution in [3.8, 4) is 0 Å². The first-order chi connectivity index (χ1) is 10.2. The third-order valence-electron chi connectivity index (χ3n) is 3.04. The first-order valence-corrected chi connectivity index (χ1v) is 7.13. The average Bonchev–Trinajstić information content (AvgIpc) is 2.44. The minimum Gasteiger partial charge on any atom is -0.368 e. The van der Waals surface area contributed by atoms with Crippen LogP contribution in [0.1, 0.15) is 38.8 Å². The summed E-state index contributed by atoms with van der Waals surface area (Å²) < 4.78 is 0. The van der Waals surface area contributed by atoms with Crippen molar-refractivity contribution >= 4 is 17.7 Å². The van der Waals surface area contributed by atoms with Crippen molar-refractivity contribution in [1.29, 1.82) is 0 Å². The van der Waals surface area contributed by atoms with Crippen LogP contribution in [0.5, 0.6) is 0 Å². The second-order valence-corrected chi connectivity index (χ2v) is 6.07. The summed E-state index contributed by atoms with van der Waals surface area (Å²) in [6.07, 6.45) is 0.0818. The van der Waals surface area contributed by atoms with E-state index >= 15 is 0 Å². The fraction of sp³-hybridized carbons (Fsp3) is 0.438. The average molecular weight is 305 g/mol. The van der Waals surface area contributed by atoms with Crippen LogP contribution in [0, 0.1) is 5.41 Å². The molecular weight excluding hydrogens is 282 g/mol. The number of carbonyl (C=O) groups excluding carboxylic acids is 3. The molecule has 0 aromatic heterocycles. The van der Waals surface area contributed by atoms with E-state index in [1.54, 1.807) is 45.0 Å². The Morgan fingerprint density at radius 1 is 1.14 bits per heavy atom. The molecule has 22 heavy (non-hydrogen) atoms. The molecule has 0 heterocycles. The van der Waals surface area contributed by atoms with Crippen LogP contribution in [0.25, 0.3) is 0 Å². The van der Waals surface area contributed by atoms with Gasteiger partial charge in [-0.15, -0.1) is 0 Å². The van der Waals surface area contributed by atoms with E-state index in [0.29, 0.717) is 5.56 Å². The molecule has 0 saturated carbocycles. The predicted octanol–water partition coefficient (Wildman–Crippen LogP) is 0.882. The Bertz CT molecular complexity index is 535. The molecule has 3 amide bonds. The highest BCUT2D eigenvalue weighted by molar-refractivity contribution is 5.88. The number of hydrogen-bond acceptors (Lipinski definition) is 3. The summed E-state index contributed by atoms with van der Waals surface area (Å²) in [5.41, 5.74) is 5.45. The van der Waals surface area contributed by atoms with E-state index in [4.69, 9.17) is 5.73 Å². The van der Waals surface area contributed by atoms with Gasteiger partial charge in [0.25, 0.3) is 0 Å². The van der Waals surface area contributed by atoms with Gasteiger partial charge in [0.2, 0.25) is 17.7 Å². The fourth-order valence-electron chi connectivity index (χ4n) is 1.75. The third kappa shape index (κ3) is 5.55. The largest absolute Gasteiger partial charge is 0.368 e. The zero-order valence-corrected chi connectivity index (χ0v) is 13.2. The molecule has 1 aromatic rings. The molecule has 0 aliphatic carbocycles. The Hall–Kier alpha value is -2.37. The molecule has 6 heteroatoms. The van der Waals surface area contributed by atoms with E-state index in [-0.39, 0.29) is 24.8 Å². The lowest BCUT2D eigenvalue weighted by Gasteiger charge is -2.18. The maximum absolute atomic E-state index is 11.9. The topological polar surface area (TPSA) is 101 Å². The normalized spacial score (nSPS) is 12.3. The molecule has 120 valence electrons. The van der Waals surface area contributed by atoms with E-state index in [1.165, 1.54) is 0 Å². The SMILES string of the molecule is CC(C)(C)C(=O)NCCC(=O)NC(C(N)=O)c1ccccc1. The Labute approximate surface area is 130 Å². The lowest BCUT2D eigenvalue weighted by atomic mass is 9.96. The van der Waals surface area contributed by atoms with Gasteiger partial charge in [-0.1, -0.05) is 51.1 Å². The van der Waals surface area contributed by atoms with Gasteiger partial charge in [0.1, 0.15) is 6.04 Å². The summed E-state index contributed by atoms with van der Waals surface area (Å²) in [5, 5.41) is 5.26. The van der Waals surface area contributed by atoms with E-state index in [1.807, 2.05) is 6.07 Å². The Morgan fingerprint density at radius 3 is 2.23 bits per heavy atom. The van der Waals surface area contributed by atoms with Crippen molar-refractivity contribution < 1.29 is 14.4 Å². The van der Waals surface area contributed by atoms with Crippen molar-refractivity contribution in [2.75, 3.05) is 6.54 Å². The summed E-state index contributed by atoms with van der Waals surface area (Å²) in [6.45, 7) is 5.59. The molecule has 0 aliphatic rings. The van der Waals surface area contributed by atoms with Gasteiger partial charge >= 0.3 is 0 Å². The van der Waals surface area contributed by atoms with Crippen LogP contribution in [0.3, 0.4) is 0 Å². The monoisotopic (exact) mass is 305 g/mol. The van der Waals surface area contributed by atoms with E-state index in [0.717, 1.165) is 0 Å². The Balaban J connectivity index is 2.52. The van der Waals surface area contributed by atoms with Gasteiger partial charge in [-0.2, -0.15) is 0 Å². The number of carbonyl (C=O) groups is 3. The summed E-state index contributed by atoms with van der Waals surface area (Å²) in [5.74, 6) is -1.10. The highest BCUT2D eigenvalue weighted by atomic mass is 16.2. The summed E-state index contributed by atoms with van der Waals surface area (Å²) in [6, 6.07) is 7.91. The zero-order chi connectivity index (χ0) is 16.8. The van der Waals surface area contributed by atoms with Gasteiger partial charge in [0.05, 0.1) is 0 Å². The maximum Gasteiger partial charge on any atom is 0.244 e. The lowest BCUT2D eigenvalue weighted by Crippen LogP contribution is -2.40. The van der Waals surface area contributed by atoms with Crippen LogP contribution in [0.4, 0.5) is 0 Å². The maximum atomic E-state index is 11.9. The number of nitrogens with two attached hydrogens (primary N) is 1. The molecule has 0 aliphatic heterocycles. The standard InChI is InChI=1S/C16H23N3O3/c1-16(2,3)15(22)18-10-9-12(20)19-13(14(17)21)11-7-5-4-6-8-11/h4-8,13H,9-10H2,1-3H3,(H2,17,21)(H,18,22)(H,19,20). The first-order valence-electron chi connectivity index (χ1n) is 7.13. The smallest absolute Gasteiger partial charge is 0.244 e. The molecule has 0 bridgehead atoms. The number of amides is 3. The molecule has 1 atom stereocenters. The molecule has 0 fully saturated rings. The molecule has 1 unspecified atom stereocenters. The van der Waals surface area contributed by atoms with Crippen LogP contribution in [-0.4, -0.2) is 24.3 Å². The van der Waals surface area contributed by atoms with E-state index in [2.05, 4.69) is 10.6 Å². The van der Waals surface area contributed by atoms with Gasteiger partial charge < -0.3 is 16.4 Å². The molecule has 0 saturated heterocycles. The highest BCUT2D eigenvalue weighted by Gasteiger charge is 2.22. The predicted molar refractivity (Wildman–Crippen MR) is 83.6 cm³/mol. The van der Waals surface area contributed by atoms with Crippen molar-refractivity contribution in [2.45, 2.75) is 33.2 Å². The minimum atomic E-state index is -0.869. The summed E-state index contributed by atoms with van der Waals surface area (Å²) >= 11 is 0. The van der Waals surface area contributed by atoms with E-state index in [9.17, 15) is 14.4 Å². The van der Waals surface area contributed by atoms with Crippen molar-refractivity contribution in [1.82, 2.24) is 10.6 Å². The first kappa shape index (κ1) is 17.7. The Kier molecular flexibility index (Phi) is 6.10. The molecule has 4 N–H and O–H groups in total. The fourth-order valence-corrected chi connectivity index (χ4v) is 1.75. The molecule has 6 nitrogen and oxygen atoms in total. The number of primary amides is 1. The highest BCUT2D eigenvalue weighted by Crippen LogP contribution is 2.13. The van der Waals surface area contributed by atoms with Gasteiger partial charge in [0, 0.05) is 18.4 Å². The number of benzene rings is 1. The Morgan fingerprint density at radius 2 is 1.73 bits per heavy atom. The number of rotatable bonds is 6. The lowest BCUT2D eigenvalue weighted by molar-refractivity contribution is -0.129. The van der Waals surface area contributed by atoms with E-state index < -0.39 is 17.4 Å². The van der Waals surface area contributed by atoms with Crippen LogP contribution in [0.15, 0.2) is 30.3 Å². The van der Waals surface area contributed by atoms with Crippen LogP contribution in [-0.2, 0) is 14.4 Å². The van der Waals surface area contributed by atoms with Gasteiger partial charge in [-0.05, 0) is 5.56 Å². The van der Waals surface area contributed by atoms with Crippen molar-refractivity contribution in [3.63, 3.8) is 0 Å². The van der Waals surface area contributed by atoms with Gasteiger partial charge in [-0.25, -0.2) is 0 Å². The number of nitrogens with one attached hydrogen (secondary N) is 2. The summed E-state index contributed by atoms with van der Waals surface area (Å²) in [7, 11) is 0. The second-order valence-electron chi connectivity index (χ2n) is 6.07. The quantitative estimate of drug-likeness (QED) is 0.727. The van der Waals surface area contributed by atoms with Crippen LogP contribution >= 0.6 is 0 Å². The van der Waals surface area contributed by atoms with Crippen molar-refractivity contribution in [2.24, 2.45) is 11.1 Å². The minimum absolute atomic E-state index is 0.0818.